The van der Waals surface area contributed by atoms with Crippen molar-refractivity contribution in [1.29, 1.82) is 0 Å². The minimum Gasteiger partial charge on any atom is -0.478 e. The predicted octanol–water partition coefficient (Wildman–Crippen LogP) is 12.4. The van der Waals surface area contributed by atoms with Crippen LogP contribution < -0.4 is 30.7 Å². The summed E-state index contributed by atoms with van der Waals surface area (Å²) in [6.07, 6.45) is 13.5. The third kappa shape index (κ3) is 16.5. The van der Waals surface area contributed by atoms with Crippen LogP contribution >= 0.6 is 15.9 Å². The molecule has 0 bridgehead atoms. The first kappa shape index (κ1) is 70.5. The lowest BCUT2D eigenvalue weighted by atomic mass is 9.82. The van der Waals surface area contributed by atoms with E-state index in [0.29, 0.717) is 45.7 Å². The molecule has 3 aliphatic heterocycles. The van der Waals surface area contributed by atoms with Crippen molar-refractivity contribution in [3.05, 3.63) is 152 Å². The van der Waals surface area contributed by atoms with Gasteiger partial charge in [0.05, 0.1) is 85.3 Å². The highest BCUT2D eigenvalue weighted by Gasteiger charge is 2.37. The van der Waals surface area contributed by atoms with Gasteiger partial charge in [-0.1, -0.05) is 64.5 Å². The monoisotopic (exact) mass is 1380 g/mol. The molecule has 0 unspecified atom stereocenters. The van der Waals surface area contributed by atoms with E-state index in [1.807, 2.05) is 67.7 Å². The molecule has 21 nitrogen and oxygen atoms in total. The fourth-order valence-electron chi connectivity index (χ4n) is 14.7. The van der Waals surface area contributed by atoms with Crippen molar-refractivity contribution in [2.75, 3.05) is 73.1 Å². The maximum atomic E-state index is 13.3. The number of alkyl halides is 2. The first-order valence-corrected chi connectivity index (χ1v) is 35.3. The maximum absolute atomic E-state index is 13.3. The van der Waals surface area contributed by atoms with Crippen LogP contribution in [0.3, 0.4) is 0 Å². The van der Waals surface area contributed by atoms with Gasteiger partial charge in [-0.05, 0) is 201 Å². The van der Waals surface area contributed by atoms with Gasteiger partial charge in [0, 0.05) is 44.6 Å². The van der Waals surface area contributed by atoms with Crippen molar-refractivity contribution in [2.24, 2.45) is 29.6 Å². The molecule has 6 aromatic rings. The molecule has 3 fully saturated rings. The Kier molecular flexibility index (Phi) is 23.3. The van der Waals surface area contributed by atoms with Crippen LogP contribution in [0.25, 0.3) is 0 Å². The van der Waals surface area contributed by atoms with E-state index in [0.717, 1.165) is 167 Å². The average molecular weight is 1380 g/mol. The van der Waals surface area contributed by atoms with Gasteiger partial charge in [-0.25, -0.2) is 28.4 Å². The van der Waals surface area contributed by atoms with E-state index in [2.05, 4.69) is 68.5 Å². The van der Waals surface area contributed by atoms with Crippen LogP contribution in [0.5, 0.6) is 0 Å². The van der Waals surface area contributed by atoms with Crippen LogP contribution in [0.4, 0.5) is 21.8 Å². The summed E-state index contributed by atoms with van der Waals surface area (Å²) in [6.45, 7) is 23.1. The number of anilines is 3. The van der Waals surface area contributed by atoms with Crippen molar-refractivity contribution >= 4 is 69.0 Å². The quantitative estimate of drug-likeness (QED) is 0.0271. The number of aryl methyl sites for hydroxylation is 3. The third-order valence-electron chi connectivity index (χ3n) is 20.4. The Morgan fingerprint density at radius 2 is 0.802 bits per heavy atom. The highest BCUT2D eigenvalue weighted by Crippen LogP contribution is 2.38. The molecule has 3 saturated carbocycles. The molecule has 96 heavy (non-hydrogen) atoms. The van der Waals surface area contributed by atoms with Gasteiger partial charge in [0.25, 0.3) is 17.7 Å². The number of amides is 3. The molecule has 3 atom stereocenters. The van der Waals surface area contributed by atoms with Gasteiger partial charge < -0.3 is 45.6 Å². The van der Waals surface area contributed by atoms with Gasteiger partial charge in [0.2, 0.25) is 0 Å². The van der Waals surface area contributed by atoms with Crippen LogP contribution in [0.15, 0.2) is 84.9 Å². The Hall–Kier alpha value is -8.34. The molecule has 23 heteroatoms. The lowest BCUT2D eigenvalue weighted by Gasteiger charge is -2.31. The molecule has 514 valence electrons. The summed E-state index contributed by atoms with van der Waals surface area (Å²) in [5, 5.41) is 42.4. The van der Waals surface area contributed by atoms with E-state index in [1.165, 1.54) is 38.4 Å². The molecule has 3 aromatic carbocycles. The summed E-state index contributed by atoms with van der Waals surface area (Å²) in [7, 11) is 1.36. The van der Waals surface area contributed by atoms with Crippen molar-refractivity contribution < 1.29 is 48.1 Å². The molecule has 5 N–H and O–H groups in total. The maximum Gasteiger partial charge on any atom is 0.337 e. The minimum absolute atomic E-state index is 0.104. The molecule has 0 spiro atoms. The van der Waals surface area contributed by atoms with E-state index in [4.69, 9.17) is 14.9 Å². The number of carbonyl (C=O) groups excluding carboxylic acids is 4. The van der Waals surface area contributed by atoms with Gasteiger partial charge in [0.1, 0.15) is 34.1 Å². The first-order valence-electron chi connectivity index (χ1n) is 34.1. The number of rotatable bonds is 20. The number of halogens is 2. The van der Waals surface area contributed by atoms with Gasteiger partial charge in [-0.15, -0.1) is 0 Å². The van der Waals surface area contributed by atoms with Gasteiger partial charge in [-0.3, -0.25) is 18.8 Å². The number of hydrogen-bond acceptors (Lipinski definition) is 13. The zero-order valence-electron chi connectivity index (χ0n) is 56.6. The zero-order valence-corrected chi connectivity index (χ0v) is 58.1. The minimum atomic E-state index is -0.974. The third-order valence-corrected chi connectivity index (χ3v) is 21.3. The average Bonchev–Trinajstić information content (AvgIpc) is 1.63. The fraction of sp³-hybridized carbons (Fsp3) is 0.521. The number of fused-ring (bicyclic) bond motifs is 3. The van der Waals surface area contributed by atoms with Gasteiger partial charge in [-0.2, -0.15) is 15.3 Å². The highest BCUT2D eigenvalue weighted by molar-refractivity contribution is 9.09. The van der Waals surface area contributed by atoms with Crippen LogP contribution in [0.1, 0.15) is 212 Å². The second-order valence-corrected chi connectivity index (χ2v) is 27.8. The molecular formula is C73H94BrFN12O9. The molecule has 3 aliphatic carbocycles. The largest absolute Gasteiger partial charge is 0.478 e. The summed E-state index contributed by atoms with van der Waals surface area (Å²) in [4.78, 5) is 80.6. The van der Waals surface area contributed by atoms with E-state index >= 15 is 0 Å². The van der Waals surface area contributed by atoms with Gasteiger partial charge in [0.15, 0.2) is 0 Å². The SMILES string of the molecule is C=C1CCC(CN2CCn3nc(C)c(C(=O)N[C@@H](C)c4ccc(C(=O)O)cc4)c32)CC1.COC(=O)c1ccc([C@H](C)NC(=O)c2c(C)nn3c2N(CC2CCC(CBr)CC2)CC3)cc1.Cc1nn2c(c1C(=O)N[C@@H](C)c1ccc(C(=O)O)cc1)N(CC1CCC(CF)CC1)CC2. The first-order chi connectivity index (χ1) is 46.1. The number of methoxy groups -OCH3 is 1. The van der Waals surface area contributed by atoms with Crippen LogP contribution in [0, 0.1) is 50.4 Å². The Bertz CT molecular complexity index is 3750. The zero-order chi connectivity index (χ0) is 68.5. The van der Waals surface area contributed by atoms with Crippen molar-refractivity contribution in [1.82, 2.24) is 45.3 Å². The number of nitrogens with one attached hydrogen (secondary N) is 3. The lowest BCUT2D eigenvalue weighted by Crippen LogP contribution is -2.33. The number of carbonyl (C=O) groups is 6. The summed E-state index contributed by atoms with van der Waals surface area (Å²) in [6, 6.07) is 19.6. The number of hydrogen-bond donors (Lipinski definition) is 5. The number of benzene rings is 3. The number of ether oxygens (including phenoxy) is 1. The highest BCUT2D eigenvalue weighted by atomic mass is 79.9. The van der Waals surface area contributed by atoms with E-state index in [1.54, 1.807) is 60.7 Å². The summed E-state index contributed by atoms with van der Waals surface area (Å²) >= 11 is 3.63. The van der Waals surface area contributed by atoms with Crippen LogP contribution in [0.2, 0.25) is 0 Å². The number of carboxylic acid groups (broad SMARTS) is 2. The fourth-order valence-corrected chi connectivity index (χ4v) is 15.3. The van der Waals surface area contributed by atoms with E-state index in [9.17, 15) is 33.2 Å². The van der Waals surface area contributed by atoms with Crippen molar-refractivity contribution in [3.8, 4) is 0 Å². The topological polar surface area (TPSA) is 251 Å². The number of carboxylic acids is 2. The molecule has 3 aromatic heterocycles. The Morgan fingerprint density at radius 1 is 0.500 bits per heavy atom. The van der Waals surface area contributed by atoms with Crippen molar-refractivity contribution in [2.45, 2.75) is 156 Å². The molecule has 6 heterocycles. The number of allylic oxidation sites excluding steroid dienone is 1. The molecular weight excluding hydrogens is 1290 g/mol. The molecule has 0 saturated heterocycles. The number of nitrogens with zero attached hydrogens (tertiary/aromatic N) is 9. The van der Waals surface area contributed by atoms with Crippen molar-refractivity contribution in [3.63, 3.8) is 0 Å². The number of esters is 1. The van der Waals surface area contributed by atoms with E-state index < -0.39 is 11.9 Å². The second-order valence-electron chi connectivity index (χ2n) is 27.2. The second kappa shape index (κ2) is 31.7. The number of aromatic nitrogens is 6. The molecule has 6 aliphatic rings. The molecule has 3 amide bonds. The van der Waals surface area contributed by atoms with Gasteiger partial charge >= 0.3 is 17.9 Å². The summed E-state index contributed by atoms with van der Waals surface area (Å²) in [5.74, 6) is 2.86. The Morgan fingerprint density at radius 3 is 1.10 bits per heavy atom. The summed E-state index contributed by atoms with van der Waals surface area (Å²) in [5.41, 5.74) is 9.06. The molecule has 0 radical (unpaired) electrons. The predicted molar refractivity (Wildman–Crippen MR) is 372 cm³/mol. The Labute approximate surface area is 570 Å². The molecule has 12 rings (SSSR count). The number of aromatic carboxylic acids is 2. The standard InChI is InChI=1S/C25H33BrN4O3.C24H31FN4O3.C24H30N4O3/c1-16(20-8-10-21(11-9-20)25(32)33-3)27-23(31)22-17(2)28-30-13-12-29(24(22)30)15-19-6-4-18(14-26)5-7-19;1-15(19-7-9-20(10-8-19)24(31)32)26-22(30)21-16(2)27-29-12-11-28(23(21)29)14-18-5-3-17(13-25)4-6-18;1-15-4-6-18(7-5-15)14-27-12-13-28-23(27)21(17(3)26-28)22(29)25-16(2)19-8-10-20(11-9-19)24(30)31/h8-11,16,18-19H,4-7,12-15H2,1-3H3,(H,27,31);7-10,15,17-18H,3-6,11-14H2,1-2H3,(H,26,30)(H,31,32);8-11,16,18H,1,4-7,12-14H2,2-3H3,(H,25,29)(H,30,31)/t16-,18?,19?;15-,17?,18?;16-/m000/s1. The van der Waals surface area contributed by atoms with E-state index in [-0.39, 0.29) is 65.5 Å². The normalized spacial score (nSPS) is 19.9. The summed E-state index contributed by atoms with van der Waals surface area (Å²) < 4.78 is 23.6. The van der Waals surface area contributed by atoms with Crippen LogP contribution in [-0.4, -0.2) is 134 Å². The smallest absolute Gasteiger partial charge is 0.337 e. The lowest BCUT2D eigenvalue weighted by molar-refractivity contribution is 0.0598. The van der Waals surface area contributed by atoms with Crippen LogP contribution in [-0.2, 0) is 24.4 Å². The Balaban J connectivity index is 0.000000157.